The molecule has 1 aromatic heterocycles. The Bertz CT molecular complexity index is 730. The van der Waals surface area contributed by atoms with E-state index in [1.54, 1.807) is 6.20 Å². The van der Waals surface area contributed by atoms with Gasteiger partial charge in [0.15, 0.2) is 0 Å². The van der Waals surface area contributed by atoms with Gasteiger partial charge in [-0.15, -0.1) is 0 Å². The lowest BCUT2D eigenvalue weighted by molar-refractivity contribution is 0.0771. The molecule has 3 rings (SSSR count). The van der Waals surface area contributed by atoms with Crippen LogP contribution in [0.15, 0.2) is 47.1 Å². The van der Waals surface area contributed by atoms with Crippen LogP contribution in [0.1, 0.15) is 30.6 Å². The first-order valence-corrected chi connectivity index (χ1v) is 9.82. The number of rotatable bonds is 6. The minimum atomic E-state index is -0.0115. The van der Waals surface area contributed by atoms with Crippen molar-refractivity contribution in [1.82, 2.24) is 9.88 Å². The summed E-state index contributed by atoms with van der Waals surface area (Å²) >= 11 is 3.36. The van der Waals surface area contributed by atoms with Crippen LogP contribution in [0, 0.1) is 0 Å². The summed E-state index contributed by atoms with van der Waals surface area (Å²) in [5, 5.41) is 0. The molecule has 2 heterocycles. The molecule has 0 saturated carbocycles. The summed E-state index contributed by atoms with van der Waals surface area (Å²) in [6, 6.07) is 11.6. The zero-order chi connectivity index (χ0) is 18.5. The lowest BCUT2D eigenvalue weighted by Crippen LogP contribution is -2.31. The van der Waals surface area contributed by atoms with Crippen molar-refractivity contribution in [2.45, 2.75) is 26.4 Å². The first kappa shape index (κ1) is 18.7. The SMILES string of the molecule is CCN(CC)c1ccc(C(=O)N2CCC(Oc3ccc(Br)cn3)C2)cc1. The highest BCUT2D eigenvalue weighted by Crippen LogP contribution is 2.21. The summed E-state index contributed by atoms with van der Waals surface area (Å²) in [4.78, 5) is 21.1. The van der Waals surface area contributed by atoms with E-state index in [1.165, 1.54) is 0 Å². The fraction of sp³-hybridized carbons (Fsp3) is 0.400. The molecule has 1 aliphatic rings. The van der Waals surface area contributed by atoms with E-state index in [-0.39, 0.29) is 12.0 Å². The number of nitrogens with zero attached hydrogens (tertiary/aromatic N) is 3. The molecular weight excluding hydrogens is 394 g/mol. The predicted molar refractivity (Wildman–Crippen MR) is 107 cm³/mol. The second-order valence-electron chi connectivity index (χ2n) is 6.31. The number of amides is 1. The minimum Gasteiger partial charge on any atom is -0.472 e. The molecule has 5 nitrogen and oxygen atoms in total. The molecule has 0 spiro atoms. The zero-order valence-electron chi connectivity index (χ0n) is 15.2. The van der Waals surface area contributed by atoms with E-state index in [4.69, 9.17) is 4.74 Å². The molecule has 2 aromatic rings. The van der Waals surface area contributed by atoms with Gasteiger partial charge in [-0.05, 0) is 60.1 Å². The average Bonchev–Trinajstić information content (AvgIpc) is 3.13. The largest absolute Gasteiger partial charge is 0.472 e. The molecule has 26 heavy (non-hydrogen) atoms. The first-order chi connectivity index (χ1) is 12.6. The normalized spacial score (nSPS) is 16.6. The monoisotopic (exact) mass is 417 g/mol. The number of likely N-dealkylation sites (tertiary alicyclic amines) is 1. The van der Waals surface area contributed by atoms with Gasteiger partial charge in [0.05, 0.1) is 6.54 Å². The fourth-order valence-corrected chi connectivity index (χ4v) is 3.43. The molecule has 1 aliphatic heterocycles. The summed E-state index contributed by atoms with van der Waals surface area (Å²) in [6.45, 7) is 7.48. The van der Waals surface area contributed by atoms with Gasteiger partial charge in [0.1, 0.15) is 6.10 Å². The van der Waals surface area contributed by atoms with Crippen LogP contribution < -0.4 is 9.64 Å². The van der Waals surface area contributed by atoms with E-state index < -0.39 is 0 Å². The Balaban J connectivity index is 1.59. The molecular formula is C20H24BrN3O2. The third-order valence-corrected chi connectivity index (χ3v) is 5.13. The van der Waals surface area contributed by atoms with Crippen LogP contribution in [0.4, 0.5) is 5.69 Å². The number of ether oxygens (including phenoxy) is 1. The fourth-order valence-electron chi connectivity index (χ4n) is 3.20. The molecule has 1 amide bonds. The van der Waals surface area contributed by atoms with E-state index in [0.717, 1.165) is 35.2 Å². The number of hydrogen-bond donors (Lipinski definition) is 0. The van der Waals surface area contributed by atoms with Crippen LogP contribution in [0.2, 0.25) is 0 Å². The maximum Gasteiger partial charge on any atom is 0.253 e. The van der Waals surface area contributed by atoms with E-state index in [9.17, 15) is 4.79 Å². The Hall–Kier alpha value is -2.08. The Kier molecular flexibility index (Phi) is 6.14. The van der Waals surface area contributed by atoms with E-state index in [0.29, 0.717) is 19.0 Å². The molecule has 1 saturated heterocycles. The number of pyridine rings is 1. The number of carbonyl (C=O) groups is 1. The van der Waals surface area contributed by atoms with Gasteiger partial charge < -0.3 is 14.5 Å². The van der Waals surface area contributed by atoms with Crippen molar-refractivity contribution in [1.29, 1.82) is 0 Å². The highest BCUT2D eigenvalue weighted by atomic mass is 79.9. The molecule has 1 atom stereocenters. The summed E-state index contributed by atoms with van der Waals surface area (Å²) in [5.74, 6) is 0.655. The highest BCUT2D eigenvalue weighted by molar-refractivity contribution is 9.10. The van der Waals surface area contributed by atoms with Crippen molar-refractivity contribution < 1.29 is 9.53 Å². The van der Waals surface area contributed by atoms with Gasteiger partial charge in [-0.3, -0.25) is 4.79 Å². The lowest BCUT2D eigenvalue weighted by atomic mass is 10.1. The predicted octanol–water partition coefficient (Wildman–Crippen LogP) is 3.98. The molecule has 1 aromatic carbocycles. The summed E-state index contributed by atoms with van der Waals surface area (Å²) in [6.07, 6.45) is 2.52. The Morgan fingerprint density at radius 3 is 2.58 bits per heavy atom. The van der Waals surface area contributed by atoms with Crippen LogP contribution in [0.5, 0.6) is 5.88 Å². The van der Waals surface area contributed by atoms with Gasteiger partial charge in [0.2, 0.25) is 5.88 Å². The minimum absolute atomic E-state index is 0.0115. The van der Waals surface area contributed by atoms with Gasteiger partial charge >= 0.3 is 0 Å². The molecule has 0 N–H and O–H groups in total. The Morgan fingerprint density at radius 1 is 1.23 bits per heavy atom. The van der Waals surface area contributed by atoms with Crippen LogP contribution in [0.3, 0.4) is 0 Å². The molecule has 138 valence electrons. The third-order valence-electron chi connectivity index (χ3n) is 4.66. The van der Waals surface area contributed by atoms with E-state index in [2.05, 4.69) is 39.7 Å². The van der Waals surface area contributed by atoms with Gasteiger partial charge in [0, 0.05) is 54.0 Å². The molecule has 1 fully saturated rings. The maximum atomic E-state index is 12.7. The van der Waals surface area contributed by atoms with Crippen molar-refractivity contribution in [3.05, 3.63) is 52.6 Å². The van der Waals surface area contributed by atoms with E-state index >= 15 is 0 Å². The highest BCUT2D eigenvalue weighted by Gasteiger charge is 2.28. The summed E-state index contributed by atoms with van der Waals surface area (Å²) in [5.41, 5.74) is 1.87. The van der Waals surface area contributed by atoms with Crippen molar-refractivity contribution in [2.75, 3.05) is 31.1 Å². The van der Waals surface area contributed by atoms with E-state index in [1.807, 2.05) is 41.3 Å². The molecule has 6 heteroatoms. The average molecular weight is 418 g/mol. The molecule has 1 unspecified atom stereocenters. The van der Waals surface area contributed by atoms with Crippen LogP contribution in [-0.4, -0.2) is 48.1 Å². The summed E-state index contributed by atoms with van der Waals surface area (Å²) in [7, 11) is 0. The van der Waals surface area contributed by atoms with Gasteiger partial charge in [-0.2, -0.15) is 0 Å². The number of benzene rings is 1. The smallest absolute Gasteiger partial charge is 0.253 e. The standard InChI is InChI=1S/C20H24BrN3O2/c1-3-23(4-2)17-8-5-15(6-9-17)20(25)24-12-11-18(14-24)26-19-10-7-16(21)13-22-19/h5-10,13,18H,3-4,11-12,14H2,1-2H3. The number of carbonyl (C=O) groups excluding carboxylic acids is 1. The number of halogens is 1. The topological polar surface area (TPSA) is 45.7 Å². The number of anilines is 1. The molecule has 0 radical (unpaired) electrons. The van der Waals surface area contributed by atoms with Crippen LogP contribution in [-0.2, 0) is 0 Å². The lowest BCUT2D eigenvalue weighted by Gasteiger charge is -2.22. The third kappa shape index (κ3) is 4.36. The van der Waals surface area contributed by atoms with Crippen LogP contribution in [0.25, 0.3) is 0 Å². The zero-order valence-corrected chi connectivity index (χ0v) is 16.8. The van der Waals surface area contributed by atoms with Crippen LogP contribution >= 0.6 is 15.9 Å². The number of aromatic nitrogens is 1. The van der Waals surface area contributed by atoms with Crippen molar-refractivity contribution in [3.63, 3.8) is 0 Å². The van der Waals surface area contributed by atoms with Gasteiger partial charge in [0.25, 0.3) is 5.91 Å². The Labute approximate surface area is 163 Å². The van der Waals surface area contributed by atoms with Gasteiger partial charge in [-0.25, -0.2) is 4.98 Å². The van der Waals surface area contributed by atoms with Gasteiger partial charge in [-0.1, -0.05) is 0 Å². The first-order valence-electron chi connectivity index (χ1n) is 9.03. The second kappa shape index (κ2) is 8.54. The van der Waals surface area contributed by atoms with Crippen molar-refractivity contribution in [3.8, 4) is 5.88 Å². The second-order valence-corrected chi connectivity index (χ2v) is 7.23. The molecule has 0 bridgehead atoms. The Morgan fingerprint density at radius 2 is 1.96 bits per heavy atom. The number of hydrogen-bond acceptors (Lipinski definition) is 4. The summed E-state index contributed by atoms with van der Waals surface area (Å²) < 4.78 is 6.81. The van der Waals surface area contributed by atoms with Crippen molar-refractivity contribution in [2.24, 2.45) is 0 Å². The quantitative estimate of drug-likeness (QED) is 0.712. The molecule has 0 aliphatic carbocycles. The van der Waals surface area contributed by atoms with Crippen molar-refractivity contribution >= 4 is 27.5 Å². The maximum absolute atomic E-state index is 12.7.